The highest BCUT2D eigenvalue weighted by molar-refractivity contribution is 7.47. The number of hydrogen-bond donors (Lipinski definition) is 3. The minimum absolute atomic E-state index is 0.0580. The first-order valence-electron chi connectivity index (χ1n) is 25.3. The molecule has 0 aliphatic rings. The lowest BCUT2D eigenvalue weighted by Gasteiger charge is -2.15. The summed E-state index contributed by atoms with van der Waals surface area (Å²) in [5, 5.41) is 12.7. The second-order valence-corrected chi connectivity index (χ2v) is 17.5. The summed E-state index contributed by atoms with van der Waals surface area (Å²) in [5.41, 5.74) is 0. The van der Waals surface area contributed by atoms with Gasteiger partial charge in [-0.1, -0.05) is 192 Å². The van der Waals surface area contributed by atoms with E-state index in [4.69, 9.17) is 13.8 Å². The van der Waals surface area contributed by atoms with Crippen LogP contribution in [-0.2, 0) is 27.9 Å². The van der Waals surface area contributed by atoms with Gasteiger partial charge >= 0.3 is 13.8 Å². The van der Waals surface area contributed by atoms with Crippen LogP contribution in [0, 0.1) is 0 Å². The van der Waals surface area contributed by atoms with Gasteiger partial charge in [-0.2, -0.15) is 0 Å². The van der Waals surface area contributed by atoms with Crippen molar-refractivity contribution in [2.75, 3.05) is 26.4 Å². The van der Waals surface area contributed by atoms with Crippen LogP contribution in [0.4, 0.5) is 0 Å². The Morgan fingerprint density at radius 1 is 0.463 bits per heavy atom. The molecule has 0 aliphatic carbocycles. The highest BCUT2D eigenvalue weighted by Crippen LogP contribution is 2.42. The number of rotatable bonds is 45. The van der Waals surface area contributed by atoms with Gasteiger partial charge < -0.3 is 20.1 Å². The molecule has 1 amide bonds. The molecule has 376 valence electrons. The molecule has 0 rings (SSSR count). The second kappa shape index (κ2) is 51.3. The summed E-state index contributed by atoms with van der Waals surface area (Å²) < 4.78 is 26.9. The van der Waals surface area contributed by atoms with E-state index in [1.807, 2.05) is 6.08 Å². The van der Waals surface area contributed by atoms with E-state index >= 15 is 0 Å². The summed E-state index contributed by atoms with van der Waals surface area (Å²) in [5.74, 6) is -0.601. The second-order valence-electron chi connectivity index (χ2n) is 16.0. The zero-order chi connectivity index (χ0) is 48.8. The zero-order valence-electron chi connectivity index (χ0n) is 41.5. The molecule has 0 aliphatic heterocycles. The van der Waals surface area contributed by atoms with Crippen LogP contribution >= 0.6 is 7.82 Å². The lowest BCUT2D eigenvalue weighted by atomic mass is 10.1. The Bertz CT molecular complexity index is 1600. The van der Waals surface area contributed by atoms with Crippen LogP contribution in [0.1, 0.15) is 168 Å². The lowest BCUT2D eigenvalue weighted by molar-refractivity contribution is -0.147. The highest BCUT2D eigenvalue weighted by atomic mass is 31.2. The van der Waals surface area contributed by atoms with Crippen LogP contribution < -0.4 is 5.32 Å². The number of aliphatic hydroxyl groups excluding tert-OH is 1. The van der Waals surface area contributed by atoms with E-state index in [9.17, 15) is 24.2 Å². The summed E-state index contributed by atoms with van der Waals surface area (Å²) >= 11 is 0. The number of allylic oxidation sites excluding steroid dienone is 24. The van der Waals surface area contributed by atoms with E-state index in [1.54, 1.807) is 0 Å². The van der Waals surface area contributed by atoms with Gasteiger partial charge in [0.15, 0.2) is 0 Å². The van der Waals surface area contributed by atoms with Crippen molar-refractivity contribution in [1.82, 2.24) is 5.32 Å². The third-order valence-electron chi connectivity index (χ3n) is 9.76. The first-order valence-corrected chi connectivity index (χ1v) is 26.8. The van der Waals surface area contributed by atoms with Crippen LogP contribution in [0.15, 0.2) is 146 Å². The number of unbranched alkanes of at least 4 members (excludes halogenated alkanes) is 8. The van der Waals surface area contributed by atoms with Gasteiger partial charge in [0.05, 0.1) is 13.2 Å². The standard InChI is InChI=1S/C57H90NO8P/c1-3-5-7-9-11-13-15-17-19-21-23-25-27-29-31-33-35-37-39-41-43-45-47-49-56(60)58-51-52-65-67(62,63)66-54-55(59)53-64-57(61)50-48-46-44-42-40-38-36-34-32-30-28-26-24-22-20-18-16-14-12-10-8-6-4-2/h5-8,11-14,17-20,23-26,29-32,36,38,42,44,55,59H,3-4,9-10,15-16,21-22,27-28,33-35,37,39-41,43,45-54H2,1-2H3,(H,58,60)(H,62,63)/b7-5-,8-6-,13-11-,14-12-,19-17-,20-18-,25-23-,26-24-,31-29-,32-30-,38-36-,44-42-. The van der Waals surface area contributed by atoms with E-state index in [2.05, 4.69) is 159 Å². The first kappa shape index (κ1) is 62.9. The number of hydrogen-bond acceptors (Lipinski definition) is 7. The Hall–Kier alpha value is -4.11. The van der Waals surface area contributed by atoms with Crippen molar-refractivity contribution in [3.63, 3.8) is 0 Å². The van der Waals surface area contributed by atoms with Crippen LogP contribution in [0.5, 0.6) is 0 Å². The van der Waals surface area contributed by atoms with E-state index < -0.39 is 26.5 Å². The third kappa shape index (κ3) is 52.7. The molecule has 0 saturated heterocycles. The van der Waals surface area contributed by atoms with Gasteiger partial charge in [0.1, 0.15) is 12.7 Å². The average Bonchev–Trinajstić information content (AvgIpc) is 3.32. The minimum atomic E-state index is -4.45. The number of ether oxygens (including phenoxy) is 1. The molecule has 0 spiro atoms. The Balaban J connectivity index is 3.72. The van der Waals surface area contributed by atoms with Gasteiger partial charge in [0.2, 0.25) is 5.91 Å². The Labute approximate surface area is 407 Å². The summed E-state index contributed by atoms with van der Waals surface area (Å²) in [6.45, 7) is 3.22. The van der Waals surface area contributed by atoms with Crippen molar-refractivity contribution in [1.29, 1.82) is 0 Å². The molecule has 67 heavy (non-hydrogen) atoms. The van der Waals surface area contributed by atoms with E-state index in [0.29, 0.717) is 12.8 Å². The fourth-order valence-electron chi connectivity index (χ4n) is 6.04. The number of carbonyl (C=O) groups excluding carboxylic acids is 2. The van der Waals surface area contributed by atoms with Crippen molar-refractivity contribution in [2.45, 2.75) is 174 Å². The fourth-order valence-corrected chi connectivity index (χ4v) is 6.80. The van der Waals surface area contributed by atoms with Crippen LogP contribution in [0.25, 0.3) is 0 Å². The zero-order valence-corrected chi connectivity index (χ0v) is 42.4. The summed E-state index contributed by atoms with van der Waals surface area (Å²) in [7, 11) is -4.45. The number of aliphatic hydroxyl groups is 1. The Kier molecular flexibility index (Phi) is 48.1. The lowest BCUT2D eigenvalue weighted by Crippen LogP contribution is -2.27. The van der Waals surface area contributed by atoms with Crippen molar-refractivity contribution >= 4 is 19.7 Å². The summed E-state index contributed by atoms with van der Waals surface area (Å²) in [6.07, 6.45) is 73.6. The molecule has 9 nitrogen and oxygen atoms in total. The molecule has 0 aromatic heterocycles. The first-order chi connectivity index (χ1) is 32.8. The Morgan fingerprint density at radius 3 is 1.24 bits per heavy atom. The number of amides is 1. The molecular formula is C57H90NO8P. The number of phosphoric ester groups is 1. The number of esters is 1. The topological polar surface area (TPSA) is 131 Å². The normalized spacial score (nSPS) is 14.4. The smallest absolute Gasteiger partial charge is 0.463 e. The molecule has 2 unspecified atom stereocenters. The van der Waals surface area contributed by atoms with Crippen molar-refractivity contribution in [3.8, 4) is 0 Å². The maximum absolute atomic E-state index is 12.2. The molecule has 0 saturated carbocycles. The molecule has 2 atom stereocenters. The van der Waals surface area contributed by atoms with Crippen molar-refractivity contribution < 1.29 is 37.9 Å². The fraction of sp³-hybridized carbons (Fsp3) is 0.544. The highest BCUT2D eigenvalue weighted by Gasteiger charge is 2.23. The predicted molar refractivity (Wildman–Crippen MR) is 284 cm³/mol. The molecule has 0 bridgehead atoms. The van der Waals surface area contributed by atoms with Crippen molar-refractivity contribution in [2.24, 2.45) is 0 Å². The van der Waals surface area contributed by atoms with E-state index in [1.165, 1.54) is 19.3 Å². The molecule has 10 heteroatoms. The predicted octanol–water partition coefficient (Wildman–Crippen LogP) is 15.2. The largest absolute Gasteiger partial charge is 0.472 e. The van der Waals surface area contributed by atoms with Crippen LogP contribution in [-0.4, -0.2) is 54.3 Å². The summed E-state index contributed by atoms with van der Waals surface area (Å²) in [6, 6.07) is 0. The van der Waals surface area contributed by atoms with E-state index in [0.717, 1.165) is 116 Å². The van der Waals surface area contributed by atoms with Crippen LogP contribution in [0.2, 0.25) is 0 Å². The number of phosphoric acid groups is 1. The molecule has 0 heterocycles. The quantitative estimate of drug-likeness (QED) is 0.0238. The molecule has 0 radical (unpaired) electrons. The van der Waals surface area contributed by atoms with Gasteiger partial charge in [-0.15, -0.1) is 0 Å². The van der Waals surface area contributed by atoms with E-state index in [-0.39, 0.29) is 32.1 Å². The van der Waals surface area contributed by atoms with Crippen molar-refractivity contribution in [3.05, 3.63) is 146 Å². The third-order valence-corrected chi connectivity index (χ3v) is 10.7. The number of carbonyl (C=O) groups is 2. The summed E-state index contributed by atoms with van der Waals surface area (Å²) in [4.78, 5) is 34.1. The molecule has 0 aromatic rings. The molecule has 3 N–H and O–H groups in total. The Morgan fingerprint density at radius 2 is 0.821 bits per heavy atom. The molecular weight excluding hydrogens is 858 g/mol. The SMILES string of the molecule is CC/C=C\C/C=C\C/C=C\C/C=C\C/C=C\C/C=C\C/C=C\CCCC(=O)OCC(O)COP(=O)(O)OCCNC(=O)CCCCCCCCC/C=C\C/C=C\C/C=C\C/C=C\C/C=C\CC. The minimum Gasteiger partial charge on any atom is -0.463 e. The average molecular weight is 948 g/mol. The monoisotopic (exact) mass is 948 g/mol. The number of nitrogens with one attached hydrogen (secondary N) is 1. The van der Waals surface area contributed by atoms with Crippen LogP contribution in [0.3, 0.4) is 0 Å². The molecule has 0 aromatic carbocycles. The molecule has 0 fully saturated rings. The van der Waals surface area contributed by atoms with Gasteiger partial charge in [-0.25, -0.2) is 4.57 Å². The van der Waals surface area contributed by atoms with Gasteiger partial charge in [-0.3, -0.25) is 18.6 Å². The maximum Gasteiger partial charge on any atom is 0.472 e. The van der Waals surface area contributed by atoms with Gasteiger partial charge in [-0.05, 0) is 109 Å². The maximum atomic E-state index is 12.2. The van der Waals surface area contributed by atoms with Gasteiger partial charge in [0, 0.05) is 19.4 Å². The van der Waals surface area contributed by atoms with Gasteiger partial charge in [0.25, 0.3) is 0 Å².